The third kappa shape index (κ3) is 10.3. The highest BCUT2D eigenvalue weighted by atomic mass is 16.2. The van der Waals surface area contributed by atoms with Gasteiger partial charge in [0, 0.05) is 56.1 Å². The van der Waals surface area contributed by atoms with Crippen LogP contribution in [0.15, 0.2) is 48.5 Å². The Morgan fingerprint density at radius 3 is 2.26 bits per heavy atom. The lowest BCUT2D eigenvalue weighted by molar-refractivity contribution is -0.125. The van der Waals surface area contributed by atoms with Crippen molar-refractivity contribution in [1.82, 2.24) is 15.6 Å². The van der Waals surface area contributed by atoms with E-state index in [-0.39, 0.29) is 30.4 Å². The van der Waals surface area contributed by atoms with E-state index < -0.39 is 0 Å². The average Bonchev–Trinajstić information content (AvgIpc) is 2.97. The number of unbranched alkanes of at least 4 members (excludes halogenated alkanes) is 2. The molecule has 42 heavy (non-hydrogen) atoms. The molecule has 3 rings (SSSR count). The highest BCUT2D eigenvalue weighted by molar-refractivity contribution is 6.01. The van der Waals surface area contributed by atoms with Crippen LogP contribution in [0.5, 0.6) is 0 Å². The molecule has 0 atom stereocenters. The van der Waals surface area contributed by atoms with E-state index in [4.69, 9.17) is 11.6 Å². The Labute approximate surface area is 251 Å². The smallest absolute Gasteiger partial charge is 0.227 e. The van der Waals surface area contributed by atoms with Crippen LogP contribution < -0.4 is 27.1 Å². The van der Waals surface area contributed by atoms with Gasteiger partial charge in [0.1, 0.15) is 5.78 Å². The number of hydrogen-bond donors (Lipinski definition) is 4. The second-order valence-corrected chi connectivity index (χ2v) is 10.6. The number of carbonyl (C=O) groups excluding carboxylic acids is 3. The van der Waals surface area contributed by atoms with Crippen LogP contribution in [0.2, 0.25) is 0 Å². The number of nitrogens with two attached hydrogens (primary N) is 2. The van der Waals surface area contributed by atoms with Crippen LogP contribution >= 0.6 is 0 Å². The number of amides is 2. The third-order valence-electron chi connectivity index (χ3n) is 6.92. The van der Waals surface area contributed by atoms with Gasteiger partial charge in [-0.2, -0.15) is 0 Å². The number of rotatable bonds is 14. The van der Waals surface area contributed by atoms with Crippen LogP contribution in [-0.4, -0.2) is 48.3 Å². The normalized spacial score (nSPS) is 14.1. The van der Waals surface area contributed by atoms with Crippen molar-refractivity contribution in [2.24, 2.45) is 11.6 Å². The second-order valence-electron chi connectivity index (χ2n) is 10.6. The number of carbonyl (C=O) groups is 3. The molecule has 0 bridgehead atoms. The number of para-hydroxylation sites is 1. The number of ketones is 1. The summed E-state index contributed by atoms with van der Waals surface area (Å²) in [6.07, 6.45) is 3.25. The first-order chi connectivity index (χ1) is 20.2. The van der Waals surface area contributed by atoms with Gasteiger partial charge in [-0.15, -0.1) is 0 Å². The van der Waals surface area contributed by atoms with Gasteiger partial charge in [0.15, 0.2) is 0 Å². The molecule has 9 heteroatoms. The van der Waals surface area contributed by atoms with E-state index in [2.05, 4.69) is 24.5 Å². The molecule has 0 unspecified atom stereocenters. The minimum Gasteiger partial charge on any atom is -0.396 e. The number of anilines is 1. The number of benzene rings is 2. The number of hydrogen-bond acceptors (Lipinski definition) is 7. The van der Waals surface area contributed by atoms with Crippen molar-refractivity contribution in [1.29, 1.82) is 0 Å². The molecule has 0 aliphatic carbocycles. The largest absolute Gasteiger partial charge is 0.396 e. The average molecular weight is 579 g/mol. The maximum absolute atomic E-state index is 13.6. The Balaban J connectivity index is 0.00000301. The summed E-state index contributed by atoms with van der Waals surface area (Å²) in [5.41, 5.74) is 11.2. The second kappa shape index (κ2) is 18.0. The van der Waals surface area contributed by atoms with Crippen LogP contribution in [0.1, 0.15) is 89.8 Å². The molecule has 0 fully saturated rings. The van der Waals surface area contributed by atoms with Crippen molar-refractivity contribution in [3.8, 4) is 0 Å². The maximum atomic E-state index is 13.6. The summed E-state index contributed by atoms with van der Waals surface area (Å²) in [4.78, 5) is 39.1. The fourth-order valence-electron chi connectivity index (χ4n) is 4.84. The first kappa shape index (κ1) is 34.5. The zero-order valence-electron chi connectivity index (χ0n) is 26.0. The number of fused-ring (bicyclic) bond motifs is 2. The summed E-state index contributed by atoms with van der Waals surface area (Å²) in [5, 5.41) is 7.79. The molecule has 1 heterocycles. The summed E-state index contributed by atoms with van der Waals surface area (Å²) < 4.78 is 0. The van der Waals surface area contributed by atoms with E-state index in [1.807, 2.05) is 62.4 Å². The molecule has 6 N–H and O–H groups in total. The first-order valence-corrected chi connectivity index (χ1v) is 15.2. The Morgan fingerprint density at radius 2 is 1.57 bits per heavy atom. The lowest BCUT2D eigenvalue weighted by atomic mass is 9.95. The molecule has 0 spiro atoms. The summed E-state index contributed by atoms with van der Waals surface area (Å²) >= 11 is 0. The number of hydrazine groups is 1. The molecule has 2 aromatic carbocycles. The molecular formula is C33H50N6O3. The number of nitrogens with zero attached hydrogens (tertiary/aromatic N) is 2. The van der Waals surface area contributed by atoms with Crippen LogP contribution in [0.4, 0.5) is 5.69 Å². The van der Waals surface area contributed by atoms with Gasteiger partial charge >= 0.3 is 0 Å². The summed E-state index contributed by atoms with van der Waals surface area (Å²) in [6.45, 7) is 11.8. The Hall–Kier alpha value is -3.69. The Morgan fingerprint density at radius 1 is 0.905 bits per heavy atom. The molecule has 2 aromatic rings. The lowest BCUT2D eigenvalue weighted by Crippen LogP contribution is -2.38. The van der Waals surface area contributed by atoms with E-state index in [1.54, 1.807) is 16.8 Å². The highest BCUT2D eigenvalue weighted by Crippen LogP contribution is 2.37. The van der Waals surface area contributed by atoms with Crippen LogP contribution in [-0.2, 0) is 20.9 Å². The predicted octanol–water partition coefficient (Wildman–Crippen LogP) is 4.56. The minimum atomic E-state index is -0.151. The van der Waals surface area contributed by atoms with Crippen molar-refractivity contribution >= 4 is 34.7 Å². The SMILES string of the molecule is CC.CC(=O)CCCCCN(N)/C1=C(\N)c2ccccc2CN(C(=O)CCC(=O)NCCNC(C)C)c2ccccc21. The summed E-state index contributed by atoms with van der Waals surface area (Å²) in [5.74, 6) is 6.53. The van der Waals surface area contributed by atoms with Gasteiger partial charge in [-0.3, -0.25) is 9.59 Å². The summed E-state index contributed by atoms with van der Waals surface area (Å²) in [7, 11) is 0. The van der Waals surface area contributed by atoms with Crippen molar-refractivity contribution in [2.45, 2.75) is 85.7 Å². The van der Waals surface area contributed by atoms with E-state index in [0.717, 1.165) is 36.0 Å². The van der Waals surface area contributed by atoms with Crippen molar-refractivity contribution in [3.63, 3.8) is 0 Å². The molecule has 2 amide bonds. The molecule has 9 nitrogen and oxygen atoms in total. The molecule has 0 saturated carbocycles. The molecule has 0 radical (unpaired) electrons. The van der Waals surface area contributed by atoms with Crippen molar-refractivity contribution < 1.29 is 14.4 Å². The quantitative estimate of drug-likeness (QED) is 0.147. The van der Waals surface area contributed by atoms with Gasteiger partial charge in [-0.1, -0.05) is 76.6 Å². The van der Waals surface area contributed by atoms with Crippen molar-refractivity contribution in [2.75, 3.05) is 24.5 Å². The standard InChI is InChI=1S/C31H44N6O3.C2H6/c1-22(2)34-18-19-35-28(39)16-17-29(40)36-21-24-12-6-7-13-25(24)30(32)31(26-14-8-9-15-27(26)36)37(33)20-10-4-5-11-23(3)38;1-2/h6-9,12-15,22,34H,4-5,10-11,16-21,32-33H2,1-3H3,(H,35,39);1-2H3/b31-30-;. The van der Waals surface area contributed by atoms with Crippen molar-refractivity contribution in [3.05, 3.63) is 65.2 Å². The first-order valence-electron chi connectivity index (χ1n) is 15.2. The van der Waals surface area contributed by atoms with Crippen LogP contribution in [0.3, 0.4) is 0 Å². The highest BCUT2D eigenvalue weighted by Gasteiger charge is 2.28. The molecule has 0 aromatic heterocycles. The molecule has 230 valence electrons. The zero-order chi connectivity index (χ0) is 31.1. The van der Waals surface area contributed by atoms with E-state index in [0.29, 0.717) is 55.7 Å². The van der Waals surface area contributed by atoms with Gasteiger partial charge in [-0.05, 0) is 31.4 Å². The maximum Gasteiger partial charge on any atom is 0.227 e. The molecule has 0 saturated heterocycles. The number of Topliss-reactive ketones (excluding diaryl/α,β-unsaturated/α-hetero) is 1. The predicted molar refractivity (Wildman–Crippen MR) is 172 cm³/mol. The van der Waals surface area contributed by atoms with Crippen LogP contribution in [0, 0.1) is 0 Å². The topological polar surface area (TPSA) is 134 Å². The molecule has 1 aliphatic rings. The monoisotopic (exact) mass is 578 g/mol. The van der Waals surface area contributed by atoms with Gasteiger partial charge < -0.3 is 31.1 Å². The summed E-state index contributed by atoms with van der Waals surface area (Å²) in [6, 6.07) is 15.7. The molecular weight excluding hydrogens is 528 g/mol. The molecule has 1 aliphatic heterocycles. The van der Waals surface area contributed by atoms with Gasteiger partial charge in [0.05, 0.1) is 23.6 Å². The fraction of sp³-hybridized carbons (Fsp3) is 0.485. The van der Waals surface area contributed by atoms with Gasteiger partial charge in [-0.25, -0.2) is 5.84 Å². The Bertz CT molecular complexity index is 1210. The Kier molecular flexibility index (Phi) is 14.8. The third-order valence-corrected chi connectivity index (χ3v) is 6.92. The van der Waals surface area contributed by atoms with Gasteiger partial charge in [0.25, 0.3) is 0 Å². The zero-order valence-corrected chi connectivity index (χ0v) is 26.0. The van der Waals surface area contributed by atoms with Gasteiger partial charge in [0.2, 0.25) is 11.8 Å². The van der Waals surface area contributed by atoms with E-state index in [9.17, 15) is 14.4 Å². The lowest BCUT2D eigenvalue weighted by Gasteiger charge is -2.33. The van der Waals surface area contributed by atoms with E-state index in [1.165, 1.54) is 0 Å². The number of nitrogens with one attached hydrogen (secondary N) is 2. The fourth-order valence-corrected chi connectivity index (χ4v) is 4.84. The minimum absolute atomic E-state index is 0.0803. The van der Waals surface area contributed by atoms with Crippen LogP contribution in [0.25, 0.3) is 11.4 Å². The van der Waals surface area contributed by atoms with E-state index >= 15 is 0 Å².